The molecule has 242 valence electrons. The van der Waals surface area contributed by atoms with Gasteiger partial charge in [-0.25, -0.2) is 0 Å². The van der Waals surface area contributed by atoms with E-state index in [1.807, 2.05) is 17.0 Å². The predicted octanol–water partition coefficient (Wildman–Crippen LogP) is 3.41. The minimum absolute atomic E-state index is 0.0408. The van der Waals surface area contributed by atoms with E-state index in [4.69, 9.17) is 23.7 Å². The quantitative estimate of drug-likeness (QED) is 0.301. The average Bonchev–Trinajstić information content (AvgIpc) is 3.70. The molecule has 0 aromatic heterocycles. The molecule has 0 saturated carbocycles. The monoisotopic (exact) mass is 606 g/mol. The molecule has 0 bridgehead atoms. The number of benzene rings is 1. The van der Waals surface area contributed by atoms with Gasteiger partial charge in [0.05, 0.1) is 60.5 Å². The summed E-state index contributed by atoms with van der Waals surface area (Å²) in [4.78, 5) is 31.0. The smallest absolute Gasteiger partial charge is 0.308 e. The lowest BCUT2D eigenvalue weighted by Gasteiger charge is -2.37. The molecule has 2 fully saturated rings. The number of nitrogens with zero attached hydrogens (tertiary/aromatic N) is 3. The van der Waals surface area contributed by atoms with Crippen molar-refractivity contribution in [2.45, 2.75) is 64.7 Å². The number of ether oxygens (including phenoxy) is 5. The van der Waals surface area contributed by atoms with Gasteiger partial charge in [0.25, 0.3) is 0 Å². The van der Waals surface area contributed by atoms with Crippen LogP contribution in [0.15, 0.2) is 12.1 Å². The Kier molecular flexibility index (Phi) is 10.8. The third kappa shape index (κ3) is 8.12. The number of quaternary nitrogens is 1. The van der Waals surface area contributed by atoms with Crippen molar-refractivity contribution in [1.29, 1.82) is 0 Å². The summed E-state index contributed by atoms with van der Waals surface area (Å²) in [5, 5.41) is 10.7. The number of carboxylic acids is 1. The molecule has 3 aliphatic rings. The Morgan fingerprint density at radius 1 is 1.12 bits per heavy atom. The van der Waals surface area contributed by atoms with Crippen molar-refractivity contribution in [2.75, 3.05) is 81.0 Å². The van der Waals surface area contributed by atoms with Crippen LogP contribution in [0.3, 0.4) is 0 Å². The lowest BCUT2D eigenvalue weighted by molar-refractivity contribution is -0.870. The van der Waals surface area contributed by atoms with Gasteiger partial charge in [0.1, 0.15) is 0 Å². The first-order chi connectivity index (χ1) is 20.3. The number of aliphatic carboxylic acids is 1. The van der Waals surface area contributed by atoms with Crippen LogP contribution in [0.25, 0.3) is 0 Å². The van der Waals surface area contributed by atoms with Gasteiger partial charge < -0.3 is 38.2 Å². The van der Waals surface area contributed by atoms with Gasteiger partial charge in [-0.3, -0.25) is 14.5 Å². The van der Waals surface area contributed by atoms with E-state index in [-0.39, 0.29) is 25.2 Å². The molecule has 0 spiro atoms. The van der Waals surface area contributed by atoms with E-state index in [1.54, 1.807) is 7.11 Å². The Labute approximate surface area is 256 Å². The number of rotatable bonds is 15. The topological polar surface area (TPSA) is 107 Å². The van der Waals surface area contributed by atoms with Gasteiger partial charge in [-0.1, -0.05) is 27.2 Å². The molecule has 2 saturated heterocycles. The van der Waals surface area contributed by atoms with E-state index >= 15 is 0 Å². The molecule has 3 atom stereocenters. The lowest BCUT2D eigenvalue weighted by atomic mass is 9.77. The zero-order chi connectivity index (χ0) is 31.4. The molecule has 11 heteroatoms. The number of carbonyl (C=O) groups excluding carboxylic acids is 1. The number of carbonyl (C=O) groups is 2. The second kappa shape index (κ2) is 14.0. The molecule has 3 heterocycles. The first-order valence-corrected chi connectivity index (χ1v) is 15.6. The van der Waals surface area contributed by atoms with Gasteiger partial charge in [-0.2, -0.15) is 0 Å². The number of amides is 1. The largest absolute Gasteiger partial charge is 0.493 e. The summed E-state index contributed by atoms with van der Waals surface area (Å²) in [5.41, 5.74) is 0.329. The number of unbranched alkanes of at least 4 members (excludes halogenated alkanes) is 1. The highest BCUT2D eigenvalue weighted by molar-refractivity contribution is 5.79. The summed E-state index contributed by atoms with van der Waals surface area (Å²) < 4.78 is 29.4. The van der Waals surface area contributed by atoms with Crippen LogP contribution >= 0.6 is 0 Å². The normalized spacial score (nSPS) is 22.7. The Balaban J connectivity index is 1.64. The highest BCUT2D eigenvalue weighted by Crippen LogP contribution is 2.48. The number of fused-ring (bicyclic) bond motifs is 1. The lowest BCUT2D eigenvalue weighted by Crippen LogP contribution is -2.47. The fourth-order valence-corrected chi connectivity index (χ4v) is 6.61. The maximum atomic E-state index is 13.9. The molecule has 4 rings (SSSR count). The number of carboxylic acid groups (broad SMARTS) is 1. The van der Waals surface area contributed by atoms with Crippen molar-refractivity contribution in [3.63, 3.8) is 0 Å². The first-order valence-electron chi connectivity index (χ1n) is 15.6. The standard InChI is InChI=1S/C32H51N3O8/c1-8-9-11-33(12-10-13-35(4,5)6)27(36)20-34-19-23(22-16-25(39-7)29-26(17-22)42-21-43-29)28(30(37)38)24(34)18-32(2,3)31-40-14-15-41-31/h16-17,23-24,28,31H,8-15,18-21H2,1-7H3/p+1. The van der Waals surface area contributed by atoms with Crippen molar-refractivity contribution in [1.82, 2.24) is 9.80 Å². The fraction of sp³-hybridized carbons (Fsp3) is 0.750. The average molecular weight is 607 g/mol. The molecule has 1 aromatic carbocycles. The molecule has 43 heavy (non-hydrogen) atoms. The molecule has 1 amide bonds. The Bertz CT molecular complexity index is 1110. The van der Waals surface area contributed by atoms with Crippen LogP contribution in [-0.2, 0) is 19.1 Å². The van der Waals surface area contributed by atoms with Crippen molar-refractivity contribution in [3.05, 3.63) is 17.7 Å². The third-order valence-electron chi connectivity index (χ3n) is 8.87. The van der Waals surface area contributed by atoms with Crippen molar-refractivity contribution < 1.29 is 42.9 Å². The van der Waals surface area contributed by atoms with Gasteiger partial charge >= 0.3 is 5.97 Å². The summed E-state index contributed by atoms with van der Waals surface area (Å²) in [6, 6.07) is 3.30. The summed E-state index contributed by atoms with van der Waals surface area (Å²) in [6.07, 6.45) is 2.90. The van der Waals surface area contributed by atoms with E-state index in [0.717, 1.165) is 35.9 Å². The maximum Gasteiger partial charge on any atom is 0.308 e. The summed E-state index contributed by atoms with van der Waals surface area (Å²) in [7, 11) is 8.03. The molecule has 11 nitrogen and oxygen atoms in total. The Hall–Kier alpha value is -2.60. The van der Waals surface area contributed by atoms with Crippen LogP contribution in [0, 0.1) is 11.3 Å². The first kappa shape index (κ1) is 33.3. The van der Waals surface area contributed by atoms with Crippen LogP contribution in [0.1, 0.15) is 57.9 Å². The Morgan fingerprint density at radius 3 is 2.44 bits per heavy atom. The maximum absolute atomic E-state index is 13.9. The van der Waals surface area contributed by atoms with Gasteiger partial charge in [0.15, 0.2) is 17.8 Å². The van der Waals surface area contributed by atoms with Crippen molar-refractivity contribution in [2.24, 2.45) is 11.3 Å². The fourth-order valence-electron chi connectivity index (χ4n) is 6.61. The van der Waals surface area contributed by atoms with Crippen molar-refractivity contribution in [3.8, 4) is 17.2 Å². The minimum atomic E-state index is -0.892. The van der Waals surface area contributed by atoms with E-state index in [0.29, 0.717) is 56.5 Å². The van der Waals surface area contributed by atoms with Crippen LogP contribution in [0.2, 0.25) is 0 Å². The molecule has 3 unspecified atom stereocenters. The van der Waals surface area contributed by atoms with Crippen LogP contribution < -0.4 is 14.2 Å². The highest BCUT2D eigenvalue weighted by Gasteiger charge is 2.51. The van der Waals surface area contributed by atoms with E-state index in [2.05, 4.69) is 46.8 Å². The molecule has 3 aliphatic heterocycles. The highest BCUT2D eigenvalue weighted by atomic mass is 16.7. The van der Waals surface area contributed by atoms with E-state index < -0.39 is 29.6 Å². The van der Waals surface area contributed by atoms with Crippen molar-refractivity contribution >= 4 is 11.9 Å². The molecule has 0 radical (unpaired) electrons. The molecular formula is C32H52N3O8+. The Morgan fingerprint density at radius 2 is 1.81 bits per heavy atom. The van der Waals surface area contributed by atoms with Gasteiger partial charge in [-0.05, 0) is 30.5 Å². The van der Waals surface area contributed by atoms with Gasteiger partial charge in [0.2, 0.25) is 18.4 Å². The van der Waals surface area contributed by atoms with E-state index in [9.17, 15) is 14.7 Å². The minimum Gasteiger partial charge on any atom is -0.493 e. The van der Waals surface area contributed by atoms with Crippen LogP contribution in [0.5, 0.6) is 17.2 Å². The van der Waals surface area contributed by atoms with Crippen LogP contribution in [0.4, 0.5) is 0 Å². The third-order valence-corrected chi connectivity index (χ3v) is 8.87. The number of hydrogen-bond donors (Lipinski definition) is 1. The molecule has 0 aliphatic carbocycles. The zero-order valence-corrected chi connectivity index (χ0v) is 27.1. The number of hydrogen-bond acceptors (Lipinski definition) is 8. The van der Waals surface area contributed by atoms with Gasteiger partial charge in [0, 0.05) is 43.4 Å². The summed E-state index contributed by atoms with van der Waals surface area (Å²) >= 11 is 0. The number of likely N-dealkylation sites (tertiary alicyclic amines) is 1. The predicted molar refractivity (Wildman–Crippen MR) is 161 cm³/mol. The van der Waals surface area contributed by atoms with Gasteiger partial charge in [-0.15, -0.1) is 0 Å². The number of methoxy groups -OCH3 is 1. The molecule has 1 aromatic rings. The summed E-state index contributed by atoms with van der Waals surface area (Å²) in [6.45, 7) is 10.3. The second-order valence-corrected chi connectivity index (χ2v) is 13.8. The SMILES string of the molecule is CCCCN(CCC[N+](C)(C)C)C(=O)CN1CC(c2cc(OC)c3c(c2)OCO3)C(C(=O)O)C1CC(C)(C)C1OCCO1. The second-order valence-electron chi connectivity index (χ2n) is 13.8. The zero-order valence-electron chi connectivity index (χ0n) is 27.1. The summed E-state index contributed by atoms with van der Waals surface area (Å²) in [5.74, 6) is -0.424. The van der Waals surface area contributed by atoms with E-state index in [1.165, 1.54) is 0 Å². The van der Waals surface area contributed by atoms with Crippen LogP contribution in [-0.4, -0.2) is 125 Å². The molecular weight excluding hydrogens is 554 g/mol. The molecule has 1 N–H and O–H groups in total.